The van der Waals surface area contributed by atoms with Crippen molar-refractivity contribution in [3.63, 3.8) is 0 Å². The van der Waals surface area contributed by atoms with E-state index in [0.29, 0.717) is 35.5 Å². The van der Waals surface area contributed by atoms with Gasteiger partial charge in [-0.15, -0.1) is 0 Å². The van der Waals surface area contributed by atoms with Gasteiger partial charge in [0.2, 0.25) is 5.91 Å². The van der Waals surface area contributed by atoms with Crippen LogP contribution >= 0.6 is 0 Å². The molecular weight excluding hydrogens is 346 g/mol. The first kappa shape index (κ1) is 19.2. The number of sulfone groups is 1. The Morgan fingerprint density at radius 3 is 2.72 bits per heavy atom. The smallest absolute Gasteiger partial charge is 0.340 e. The summed E-state index contributed by atoms with van der Waals surface area (Å²) in [6.07, 6.45) is 2.07. The normalized spacial score (nSPS) is 19.2. The van der Waals surface area contributed by atoms with Crippen molar-refractivity contribution < 1.29 is 22.7 Å². The lowest BCUT2D eigenvalue weighted by Gasteiger charge is -2.05. The van der Waals surface area contributed by atoms with E-state index in [0.717, 1.165) is 0 Å². The number of hydrogen-bond donors (Lipinski definition) is 2. The van der Waals surface area contributed by atoms with Crippen LogP contribution in [0.5, 0.6) is 0 Å². The van der Waals surface area contributed by atoms with Crippen LogP contribution in [0.15, 0.2) is 5.10 Å². The number of nitrogens with zero attached hydrogens (tertiary/aromatic N) is 1. The molecule has 2 rings (SSSR count). The van der Waals surface area contributed by atoms with Crippen LogP contribution in [0.3, 0.4) is 0 Å². The van der Waals surface area contributed by atoms with Crippen molar-refractivity contribution in [2.45, 2.75) is 33.6 Å². The number of carbonyl (C=O) groups excluding carboxylic acids is 2. The molecule has 1 aliphatic rings. The Labute approximate surface area is 146 Å². The SMILES string of the molecule is CCOC(=O)c1c(C)[nH]c(/C=N/NC(=O)C[C@H]2CCS(=O)(=O)C2)c1C. The van der Waals surface area contributed by atoms with E-state index in [2.05, 4.69) is 15.5 Å². The van der Waals surface area contributed by atoms with Crippen LogP contribution in [0.1, 0.15) is 47.1 Å². The predicted molar refractivity (Wildman–Crippen MR) is 93.3 cm³/mol. The Morgan fingerprint density at radius 1 is 1.40 bits per heavy atom. The summed E-state index contributed by atoms with van der Waals surface area (Å²) < 4.78 is 27.8. The highest BCUT2D eigenvalue weighted by Crippen LogP contribution is 2.21. The second-order valence-corrected chi connectivity index (χ2v) is 8.38. The van der Waals surface area contributed by atoms with Gasteiger partial charge in [0.05, 0.1) is 35.6 Å². The summed E-state index contributed by atoms with van der Waals surface area (Å²) in [5, 5.41) is 3.88. The number of aryl methyl sites for hydroxylation is 1. The molecule has 0 unspecified atom stereocenters. The van der Waals surface area contributed by atoms with Crippen molar-refractivity contribution in [1.82, 2.24) is 10.4 Å². The molecule has 0 spiro atoms. The number of carbonyl (C=O) groups is 2. The standard InChI is InChI=1S/C16H23N3O5S/c1-4-24-16(21)15-10(2)13(18-11(15)3)8-17-19-14(20)7-12-5-6-25(22,23)9-12/h8,12,18H,4-7,9H2,1-3H3,(H,19,20)/b17-8+/t12-/m1/s1. The number of H-pyrrole nitrogens is 1. The molecule has 25 heavy (non-hydrogen) atoms. The minimum atomic E-state index is -2.99. The third kappa shape index (κ3) is 4.91. The number of nitrogens with one attached hydrogen (secondary N) is 2. The molecule has 1 aliphatic heterocycles. The number of rotatable bonds is 6. The highest BCUT2D eigenvalue weighted by atomic mass is 32.2. The highest BCUT2D eigenvalue weighted by Gasteiger charge is 2.29. The lowest BCUT2D eigenvalue weighted by atomic mass is 10.1. The predicted octanol–water partition coefficient (Wildman–Crippen LogP) is 1.08. The fraction of sp³-hybridized carbons (Fsp3) is 0.562. The molecule has 0 radical (unpaired) electrons. The van der Waals surface area contributed by atoms with Crippen molar-refractivity contribution >= 4 is 27.9 Å². The lowest BCUT2D eigenvalue weighted by molar-refractivity contribution is -0.121. The topological polar surface area (TPSA) is 118 Å². The molecule has 1 saturated heterocycles. The van der Waals surface area contributed by atoms with Gasteiger partial charge in [0.1, 0.15) is 0 Å². The summed E-state index contributed by atoms with van der Waals surface area (Å²) in [5.74, 6) is -0.678. The molecular formula is C16H23N3O5S. The molecule has 8 nitrogen and oxygen atoms in total. The van der Waals surface area contributed by atoms with Crippen molar-refractivity contribution in [3.05, 3.63) is 22.5 Å². The summed E-state index contributed by atoms with van der Waals surface area (Å²) in [4.78, 5) is 26.8. The minimum Gasteiger partial charge on any atom is -0.462 e. The zero-order valence-corrected chi connectivity index (χ0v) is 15.4. The van der Waals surface area contributed by atoms with E-state index in [1.807, 2.05) is 0 Å². The summed E-state index contributed by atoms with van der Waals surface area (Å²) >= 11 is 0. The lowest BCUT2D eigenvalue weighted by Crippen LogP contribution is -2.21. The van der Waals surface area contributed by atoms with E-state index in [4.69, 9.17) is 4.74 Å². The Bertz CT molecular complexity index is 795. The van der Waals surface area contributed by atoms with Crippen molar-refractivity contribution in [3.8, 4) is 0 Å². The molecule has 2 N–H and O–H groups in total. The summed E-state index contributed by atoms with van der Waals surface area (Å²) in [7, 11) is -2.99. The maximum atomic E-state index is 11.9. The zero-order valence-electron chi connectivity index (χ0n) is 14.6. The molecule has 9 heteroatoms. The van der Waals surface area contributed by atoms with Gasteiger partial charge >= 0.3 is 5.97 Å². The van der Waals surface area contributed by atoms with E-state index in [-0.39, 0.29) is 29.8 Å². The number of ether oxygens (including phenoxy) is 1. The van der Waals surface area contributed by atoms with Gasteiger partial charge in [0.25, 0.3) is 0 Å². The van der Waals surface area contributed by atoms with Gasteiger partial charge in [-0.25, -0.2) is 18.6 Å². The van der Waals surface area contributed by atoms with Crippen molar-refractivity contribution in [1.29, 1.82) is 0 Å². The number of amides is 1. The average Bonchev–Trinajstić information content (AvgIpc) is 2.98. The molecule has 1 fully saturated rings. The van der Waals surface area contributed by atoms with Crippen LogP contribution in [-0.2, 0) is 19.4 Å². The van der Waals surface area contributed by atoms with E-state index in [9.17, 15) is 18.0 Å². The Morgan fingerprint density at radius 2 is 2.12 bits per heavy atom. The van der Waals surface area contributed by atoms with E-state index < -0.39 is 15.8 Å². The summed E-state index contributed by atoms with van der Waals surface area (Å²) in [5.41, 5.74) is 4.82. The maximum Gasteiger partial charge on any atom is 0.340 e. The molecule has 0 saturated carbocycles. The first-order valence-corrected chi connectivity index (χ1v) is 9.94. The number of hydrogen-bond acceptors (Lipinski definition) is 6. The summed E-state index contributed by atoms with van der Waals surface area (Å²) in [6, 6.07) is 0. The second kappa shape index (κ2) is 7.81. The third-order valence-corrected chi connectivity index (χ3v) is 5.98. The van der Waals surface area contributed by atoms with Crippen molar-refractivity contribution in [2.75, 3.05) is 18.1 Å². The molecule has 138 valence electrons. The Hall–Kier alpha value is -2.16. The monoisotopic (exact) mass is 369 g/mol. The van der Waals surface area contributed by atoms with Crippen LogP contribution in [0.2, 0.25) is 0 Å². The molecule has 1 atom stereocenters. The van der Waals surface area contributed by atoms with Crippen molar-refractivity contribution in [2.24, 2.45) is 11.0 Å². The number of hydrazone groups is 1. The average molecular weight is 369 g/mol. The zero-order chi connectivity index (χ0) is 18.6. The fourth-order valence-corrected chi connectivity index (χ4v) is 4.78. The molecule has 1 aromatic heterocycles. The van der Waals surface area contributed by atoms with E-state index in [1.54, 1.807) is 20.8 Å². The Balaban J connectivity index is 1.95. The van der Waals surface area contributed by atoms with Gasteiger partial charge in [-0.1, -0.05) is 0 Å². The summed E-state index contributed by atoms with van der Waals surface area (Å²) in [6.45, 7) is 5.56. The quantitative estimate of drug-likeness (QED) is 0.442. The first-order chi connectivity index (χ1) is 11.7. The third-order valence-electron chi connectivity index (χ3n) is 4.14. The molecule has 1 amide bonds. The maximum absolute atomic E-state index is 11.9. The van der Waals surface area contributed by atoms with E-state index >= 15 is 0 Å². The second-order valence-electron chi connectivity index (χ2n) is 6.15. The number of aromatic nitrogens is 1. The van der Waals surface area contributed by atoms with Gasteiger partial charge in [-0.05, 0) is 38.7 Å². The Kier molecular flexibility index (Phi) is 5.99. The van der Waals surface area contributed by atoms with Gasteiger partial charge in [-0.3, -0.25) is 4.79 Å². The fourth-order valence-electron chi connectivity index (χ4n) is 2.92. The van der Waals surface area contributed by atoms with Crippen LogP contribution in [0.25, 0.3) is 0 Å². The molecule has 0 bridgehead atoms. The highest BCUT2D eigenvalue weighted by molar-refractivity contribution is 7.91. The molecule has 0 aliphatic carbocycles. The van der Waals surface area contributed by atoms with Gasteiger partial charge in [0.15, 0.2) is 9.84 Å². The molecule has 0 aromatic carbocycles. The van der Waals surface area contributed by atoms with Crippen LogP contribution in [-0.4, -0.2) is 49.6 Å². The van der Waals surface area contributed by atoms with Gasteiger partial charge in [-0.2, -0.15) is 5.10 Å². The first-order valence-electron chi connectivity index (χ1n) is 8.12. The largest absolute Gasteiger partial charge is 0.462 e. The van der Waals surface area contributed by atoms with Crippen LogP contribution in [0, 0.1) is 19.8 Å². The molecule has 1 aromatic rings. The van der Waals surface area contributed by atoms with Crippen LogP contribution in [0.4, 0.5) is 0 Å². The number of esters is 1. The van der Waals surface area contributed by atoms with Gasteiger partial charge in [0, 0.05) is 12.1 Å². The van der Waals surface area contributed by atoms with Gasteiger partial charge < -0.3 is 9.72 Å². The minimum absolute atomic E-state index is 0.0575. The number of aromatic amines is 1. The molecule has 2 heterocycles. The van der Waals surface area contributed by atoms with Crippen LogP contribution < -0.4 is 5.43 Å². The van der Waals surface area contributed by atoms with E-state index in [1.165, 1.54) is 6.21 Å².